The fraction of sp³-hybridized carbons (Fsp3) is 0.286. The maximum absolute atomic E-state index is 12.1. The number of hydrogen-bond donors (Lipinski definition) is 1. The summed E-state index contributed by atoms with van der Waals surface area (Å²) in [5.41, 5.74) is 1.26. The lowest BCUT2D eigenvalue weighted by atomic mass is 10.1. The van der Waals surface area contributed by atoms with Crippen LogP contribution >= 0.6 is 0 Å². The number of aromatic carboxylic acids is 1. The van der Waals surface area contributed by atoms with Gasteiger partial charge < -0.3 is 9.67 Å². The largest absolute Gasteiger partial charge is 0.477 e. The van der Waals surface area contributed by atoms with Gasteiger partial charge in [-0.05, 0) is 31.9 Å². The van der Waals surface area contributed by atoms with Crippen molar-refractivity contribution in [3.63, 3.8) is 0 Å². The third-order valence-corrected chi connectivity index (χ3v) is 3.36. The Bertz CT molecular complexity index is 711. The fourth-order valence-electron chi connectivity index (χ4n) is 2.28. The minimum Gasteiger partial charge on any atom is -0.477 e. The minimum absolute atomic E-state index is 0.139. The summed E-state index contributed by atoms with van der Waals surface area (Å²) in [5.74, 6) is -1.15. The quantitative estimate of drug-likeness (QED) is 0.880. The highest BCUT2D eigenvalue weighted by Crippen LogP contribution is 2.36. The molecular weight excluding hydrogens is 230 g/mol. The molecule has 0 saturated heterocycles. The normalized spacial score (nSPS) is 14.9. The van der Waals surface area contributed by atoms with Gasteiger partial charge in [-0.15, -0.1) is 0 Å². The first-order chi connectivity index (χ1) is 8.58. The van der Waals surface area contributed by atoms with E-state index in [0.29, 0.717) is 11.4 Å². The molecule has 3 rings (SSSR count). The Hall–Kier alpha value is -2.10. The zero-order chi connectivity index (χ0) is 12.9. The molecule has 1 fully saturated rings. The summed E-state index contributed by atoms with van der Waals surface area (Å²) in [6, 6.07) is 5.95. The van der Waals surface area contributed by atoms with E-state index in [1.807, 2.05) is 23.6 Å². The van der Waals surface area contributed by atoms with Crippen LogP contribution in [0.15, 0.2) is 29.2 Å². The molecule has 1 heterocycles. The number of aromatic nitrogens is 1. The van der Waals surface area contributed by atoms with E-state index in [2.05, 4.69) is 0 Å². The van der Waals surface area contributed by atoms with Gasteiger partial charge in [-0.2, -0.15) is 0 Å². The molecule has 0 amide bonds. The van der Waals surface area contributed by atoms with Crippen molar-refractivity contribution in [1.82, 2.24) is 4.57 Å². The van der Waals surface area contributed by atoms with Crippen LogP contribution in [-0.4, -0.2) is 15.6 Å². The molecule has 92 valence electrons. The summed E-state index contributed by atoms with van der Waals surface area (Å²) in [5, 5.41) is 9.61. The van der Waals surface area contributed by atoms with Crippen LogP contribution in [0.4, 0.5) is 0 Å². The average Bonchev–Trinajstić information content (AvgIpc) is 3.14. The van der Waals surface area contributed by atoms with Crippen molar-refractivity contribution < 1.29 is 9.90 Å². The summed E-state index contributed by atoms with van der Waals surface area (Å²) in [4.78, 5) is 23.3. The van der Waals surface area contributed by atoms with Gasteiger partial charge in [0.05, 0.1) is 5.52 Å². The third kappa shape index (κ3) is 1.61. The van der Waals surface area contributed by atoms with E-state index in [0.717, 1.165) is 23.9 Å². The van der Waals surface area contributed by atoms with Gasteiger partial charge in [-0.1, -0.05) is 11.6 Å². The molecule has 1 saturated carbocycles. The van der Waals surface area contributed by atoms with E-state index >= 15 is 0 Å². The number of nitrogens with zero attached hydrogens (tertiary/aromatic N) is 1. The molecule has 1 aliphatic rings. The molecule has 0 radical (unpaired) electrons. The average molecular weight is 243 g/mol. The standard InChI is InChI=1S/C14H13NO3/c1-8-2-5-12-10(6-8)13(16)11(14(17)18)7-15(12)9-3-4-9/h2,5-7,9H,3-4H2,1H3,(H,17,18). The molecule has 0 unspecified atom stereocenters. The van der Waals surface area contributed by atoms with Gasteiger partial charge in [0, 0.05) is 17.6 Å². The lowest BCUT2D eigenvalue weighted by molar-refractivity contribution is 0.0695. The molecule has 2 aromatic rings. The van der Waals surface area contributed by atoms with Crippen LogP contribution in [-0.2, 0) is 0 Å². The zero-order valence-corrected chi connectivity index (χ0v) is 10.0. The number of aryl methyl sites for hydroxylation is 1. The molecule has 1 aromatic heterocycles. The Balaban J connectivity index is 2.43. The van der Waals surface area contributed by atoms with E-state index in [1.54, 1.807) is 6.07 Å². The first kappa shape index (κ1) is 11.0. The van der Waals surface area contributed by atoms with Gasteiger partial charge in [0.15, 0.2) is 0 Å². The van der Waals surface area contributed by atoms with Crippen LogP contribution < -0.4 is 5.43 Å². The van der Waals surface area contributed by atoms with Crippen LogP contribution in [0.5, 0.6) is 0 Å². The molecule has 4 nitrogen and oxygen atoms in total. The number of carboxylic acids is 1. The van der Waals surface area contributed by atoms with Crippen molar-refractivity contribution in [2.24, 2.45) is 0 Å². The van der Waals surface area contributed by atoms with Gasteiger partial charge >= 0.3 is 5.97 Å². The summed E-state index contributed by atoms with van der Waals surface area (Å²) in [6.07, 6.45) is 3.58. The number of carboxylic acid groups (broad SMARTS) is 1. The molecule has 0 aliphatic heterocycles. The molecule has 0 atom stereocenters. The van der Waals surface area contributed by atoms with Crippen LogP contribution in [0.25, 0.3) is 10.9 Å². The second-order valence-electron chi connectivity index (χ2n) is 4.84. The maximum Gasteiger partial charge on any atom is 0.341 e. The number of carbonyl (C=O) groups is 1. The zero-order valence-electron chi connectivity index (χ0n) is 10.0. The molecule has 1 aromatic carbocycles. The summed E-state index contributed by atoms with van der Waals surface area (Å²) in [6.45, 7) is 1.90. The van der Waals surface area contributed by atoms with Gasteiger partial charge in [0.25, 0.3) is 0 Å². The van der Waals surface area contributed by atoms with E-state index in [4.69, 9.17) is 5.11 Å². The first-order valence-corrected chi connectivity index (χ1v) is 5.97. The molecule has 1 aliphatic carbocycles. The Morgan fingerprint density at radius 2 is 2.11 bits per heavy atom. The van der Waals surface area contributed by atoms with Crippen molar-refractivity contribution >= 4 is 16.9 Å². The van der Waals surface area contributed by atoms with E-state index in [1.165, 1.54) is 6.20 Å². The van der Waals surface area contributed by atoms with E-state index in [9.17, 15) is 9.59 Å². The lowest BCUT2D eigenvalue weighted by Crippen LogP contribution is -2.18. The first-order valence-electron chi connectivity index (χ1n) is 5.97. The monoisotopic (exact) mass is 243 g/mol. The summed E-state index contributed by atoms with van der Waals surface area (Å²) < 4.78 is 1.93. The van der Waals surface area contributed by atoms with Crippen molar-refractivity contribution in [2.75, 3.05) is 0 Å². The highest BCUT2D eigenvalue weighted by Gasteiger charge is 2.26. The number of hydrogen-bond acceptors (Lipinski definition) is 2. The van der Waals surface area contributed by atoms with Gasteiger partial charge in [0.2, 0.25) is 5.43 Å². The number of fused-ring (bicyclic) bond motifs is 1. The molecule has 1 N–H and O–H groups in total. The molecule has 0 spiro atoms. The Morgan fingerprint density at radius 1 is 1.39 bits per heavy atom. The molecule has 18 heavy (non-hydrogen) atoms. The SMILES string of the molecule is Cc1ccc2c(c1)c(=O)c(C(=O)O)cn2C1CC1. The van der Waals surface area contributed by atoms with Gasteiger partial charge in [0.1, 0.15) is 5.56 Å². The predicted molar refractivity (Wildman–Crippen MR) is 68.2 cm³/mol. The molecular formula is C14H13NO3. The third-order valence-electron chi connectivity index (χ3n) is 3.36. The summed E-state index contributed by atoms with van der Waals surface area (Å²) in [7, 11) is 0. The Kier molecular flexibility index (Phi) is 2.26. The van der Waals surface area contributed by atoms with Crippen molar-refractivity contribution in [1.29, 1.82) is 0 Å². The predicted octanol–water partition coefficient (Wildman–Crippen LogP) is 2.34. The van der Waals surface area contributed by atoms with E-state index in [-0.39, 0.29) is 5.56 Å². The number of benzene rings is 1. The number of rotatable bonds is 2. The van der Waals surface area contributed by atoms with Crippen molar-refractivity contribution in [3.8, 4) is 0 Å². The highest BCUT2D eigenvalue weighted by molar-refractivity contribution is 5.92. The molecule has 4 heteroatoms. The van der Waals surface area contributed by atoms with Gasteiger partial charge in [-0.3, -0.25) is 4.79 Å². The van der Waals surface area contributed by atoms with Crippen LogP contribution in [0, 0.1) is 6.92 Å². The highest BCUT2D eigenvalue weighted by atomic mass is 16.4. The topological polar surface area (TPSA) is 59.3 Å². The fourth-order valence-corrected chi connectivity index (χ4v) is 2.28. The minimum atomic E-state index is -1.15. The van der Waals surface area contributed by atoms with Crippen LogP contribution in [0.3, 0.4) is 0 Å². The summed E-state index contributed by atoms with van der Waals surface area (Å²) >= 11 is 0. The number of pyridine rings is 1. The molecule has 0 bridgehead atoms. The smallest absolute Gasteiger partial charge is 0.341 e. The Labute approximate surface area is 103 Å². The van der Waals surface area contributed by atoms with Gasteiger partial charge in [-0.25, -0.2) is 4.79 Å². The maximum atomic E-state index is 12.1. The van der Waals surface area contributed by atoms with Crippen LogP contribution in [0.1, 0.15) is 34.8 Å². The van der Waals surface area contributed by atoms with Crippen LogP contribution in [0.2, 0.25) is 0 Å². The Morgan fingerprint density at radius 3 is 2.72 bits per heavy atom. The second kappa shape index (κ2) is 3.70. The lowest BCUT2D eigenvalue weighted by Gasteiger charge is -2.11. The van der Waals surface area contributed by atoms with E-state index < -0.39 is 11.4 Å². The van der Waals surface area contributed by atoms with Crippen molar-refractivity contribution in [3.05, 3.63) is 45.7 Å². The van der Waals surface area contributed by atoms with Crippen molar-refractivity contribution in [2.45, 2.75) is 25.8 Å². The second-order valence-corrected chi connectivity index (χ2v) is 4.84.